The number of hydrogen-bond acceptors (Lipinski definition) is 3. The van der Waals surface area contributed by atoms with Crippen LogP contribution < -0.4 is 4.90 Å². The standard InChI is InChI=1S/C19H22N2O3S/c1-3-19(22)21-12-11-16-13-17(9-10-18(16)21)25(23,24)20(2)14-15-7-5-4-6-8-15/h4-10,13H,3,11-12,14H2,1-2H3. The van der Waals surface area contributed by atoms with Gasteiger partial charge < -0.3 is 4.90 Å². The van der Waals surface area contributed by atoms with Crippen molar-refractivity contribution < 1.29 is 13.2 Å². The second-order valence-corrected chi connectivity index (χ2v) is 8.23. The van der Waals surface area contributed by atoms with Crippen molar-refractivity contribution in [1.82, 2.24) is 4.31 Å². The normalized spacial score (nSPS) is 14.0. The van der Waals surface area contributed by atoms with E-state index in [0.717, 1.165) is 16.8 Å². The van der Waals surface area contributed by atoms with E-state index in [9.17, 15) is 13.2 Å². The molecule has 1 amide bonds. The molecule has 0 fully saturated rings. The molecule has 6 heteroatoms. The molecule has 0 saturated heterocycles. The molecule has 2 aromatic rings. The van der Waals surface area contributed by atoms with Gasteiger partial charge in [0.05, 0.1) is 4.90 Å². The number of hydrogen-bond donors (Lipinski definition) is 0. The largest absolute Gasteiger partial charge is 0.312 e. The lowest BCUT2D eigenvalue weighted by Crippen LogP contribution is -2.28. The minimum Gasteiger partial charge on any atom is -0.312 e. The zero-order valence-corrected chi connectivity index (χ0v) is 15.3. The van der Waals surface area contributed by atoms with E-state index in [1.54, 1.807) is 30.1 Å². The van der Waals surface area contributed by atoms with Gasteiger partial charge in [0.25, 0.3) is 0 Å². The maximum atomic E-state index is 12.9. The van der Waals surface area contributed by atoms with Gasteiger partial charge in [0.1, 0.15) is 0 Å². The molecule has 0 atom stereocenters. The Bertz CT molecular complexity index is 879. The molecule has 0 saturated carbocycles. The van der Waals surface area contributed by atoms with Crippen LogP contribution in [0.15, 0.2) is 53.4 Å². The van der Waals surface area contributed by atoms with Crippen LogP contribution in [0, 0.1) is 0 Å². The maximum absolute atomic E-state index is 12.9. The van der Waals surface area contributed by atoms with Crippen molar-refractivity contribution in [3.8, 4) is 0 Å². The van der Waals surface area contributed by atoms with Crippen molar-refractivity contribution in [3.05, 3.63) is 59.7 Å². The van der Waals surface area contributed by atoms with Crippen molar-refractivity contribution in [2.45, 2.75) is 31.2 Å². The smallest absolute Gasteiger partial charge is 0.243 e. The number of carbonyl (C=O) groups is 1. The highest BCUT2D eigenvalue weighted by molar-refractivity contribution is 7.89. The predicted octanol–water partition coefficient (Wildman–Crippen LogP) is 2.81. The molecule has 0 unspecified atom stereocenters. The molecular weight excluding hydrogens is 336 g/mol. The summed E-state index contributed by atoms with van der Waals surface area (Å²) in [6.07, 6.45) is 1.13. The van der Waals surface area contributed by atoms with Crippen LogP contribution in [0.4, 0.5) is 5.69 Å². The molecule has 0 N–H and O–H groups in total. The molecule has 0 aliphatic carbocycles. The molecule has 0 bridgehead atoms. The fourth-order valence-electron chi connectivity index (χ4n) is 3.09. The van der Waals surface area contributed by atoms with Gasteiger partial charge in [0.2, 0.25) is 15.9 Å². The van der Waals surface area contributed by atoms with Gasteiger partial charge in [-0.1, -0.05) is 37.3 Å². The lowest BCUT2D eigenvalue weighted by atomic mass is 10.2. The number of nitrogens with zero attached hydrogens (tertiary/aromatic N) is 2. The first kappa shape index (κ1) is 17.6. The molecule has 132 valence electrons. The molecule has 2 aromatic carbocycles. The Labute approximate surface area is 148 Å². The molecule has 1 heterocycles. The first-order valence-electron chi connectivity index (χ1n) is 8.37. The number of anilines is 1. The summed E-state index contributed by atoms with van der Waals surface area (Å²) in [4.78, 5) is 14.0. The molecule has 1 aliphatic heterocycles. The number of fused-ring (bicyclic) bond motifs is 1. The van der Waals surface area contributed by atoms with E-state index < -0.39 is 10.0 Å². The fourth-order valence-corrected chi connectivity index (χ4v) is 4.30. The van der Waals surface area contributed by atoms with Crippen molar-refractivity contribution in [3.63, 3.8) is 0 Å². The number of benzene rings is 2. The van der Waals surface area contributed by atoms with Crippen LogP contribution in [0.5, 0.6) is 0 Å². The van der Waals surface area contributed by atoms with Gasteiger partial charge in [0, 0.05) is 32.2 Å². The first-order valence-corrected chi connectivity index (χ1v) is 9.81. The SMILES string of the molecule is CCC(=O)N1CCc2cc(S(=O)(=O)N(C)Cc3ccccc3)ccc21. The zero-order chi connectivity index (χ0) is 18.0. The van der Waals surface area contributed by atoms with Crippen LogP contribution in [0.1, 0.15) is 24.5 Å². The number of rotatable bonds is 5. The van der Waals surface area contributed by atoms with Crippen molar-refractivity contribution in [1.29, 1.82) is 0 Å². The van der Waals surface area contributed by atoms with Crippen molar-refractivity contribution in [2.24, 2.45) is 0 Å². The Kier molecular flexibility index (Phi) is 4.92. The summed E-state index contributed by atoms with van der Waals surface area (Å²) >= 11 is 0. The third-order valence-corrected chi connectivity index (χ3v) is 6.31. The van der Waals surface area contributed by atoms with Gasteiger partial charge in [-0.15, -0.1) is 0 Å². The minimum atomic E-state index is -3.57. The summed E-state index contributed by atoms with van der Waals surface area (Å²) in [5, 5.41) is 0. The van der Waals surface area contributed by atoms with E-state index in [-0.39, 0.29) is 10.8 Å². The Balaban J connectivity index is 1.85. The van der Waals surface area contributed by atoms with E-state index in [1.807, 2.05) is 37.3 Å². The molecule has 3 rings (SSSR count). The Morgan fingerprint density at radius 1 is 1.16 bits per heavy atom. The molecule has 0 aromatic heterocycles. The Hall–Kier alpha value is -2.18. The number of carbonyl (C=O) groups excluding carboxylic acids is 1. The molecule has 5 nitrogen and oxygen atoms in total. The summed E-state index contributed by atoms with van der Waals surface area (Å²) in [5.41, 5.74) is 2.68. The molecule has 25 heavy (non-hydrogen) atoms. The minimum absolute atomic E-state index is 0.0653. The van der Waals surface area contributed by atoms with Crippen LogP contribution in [-0.2, 0) is 27.8 Å². The van der Waals surface area contributed by atoms with Crippen molar-refractivity contribution in [2.75, 3.05) is 18.5 Å². The van der Waals surface area contributed by atoms with Gasteiger partial charge in [-0.05, 0) is 35.7 Å². The lowest BCUT2D eigenvalue weighted by Gasteiger charge is -2.19. The van der Waals surface area contributed by atoms with E-state index in [0.29, 0.717) is 25.9 Å². The Morgan fingerprint density at radius 2 is 1.88 bits per heavy atom. The number of amides is 1. The second kappa shape index (κ2) is 6.98. The average molecular weight is 358 g/mol. The van der Waals surface area contributed by atoms with Gasteiger partial charge in [0.15, 0.2) is 0 Å². The van der Waals surface area contributed by atoms with Crippen LogP contribution in [0.25, 0.3) is 0 Å². The summed E-state index contributed by atoms with van der Waals surface area (Å²) in [5.74, 6) is 0.0653. The summed E-state index contributed by atoms with van der Waals surface area (Å²) in [7, 11) is -1.99. The van der Waals surface area contributed by atoms with Gasteiger partial charge in [-0.25, -0.2) is 8.42 Å². The molecule has 1 aliphatic rings. The summed E-state index contributed by atoms with van der Waals surface area (Å²) < 4.78 is 27.1. The topological polar surface area (TPSA) is 57.7 Å². The van der Waals surface area contributed by atoms with E-state index in [1.165, 1.54) is 4.31 Å². The summed E-state index contributed by atoms with van der Waals surface area (Å²) in [6.45, 7) is 2.77. The van der Waals surface area contributed by atoms with E-state index in [2.05, 4.69) is 0 Å². The van der Waals surface area contributed by atoms with Crippen LogP contribution in [-0.4, -0.2) is 32.2 Å². The molecule has 0 radical (unpaired) electrons. The van der Waals surface area contributed by atoms with Crippen molar-refractivity contribution >= 4 is 21.6 Å². The van der Waals surface area contributed by atoms with Gasteiger partial charge >= 0.3 is 0 Å². The third-order valence-electron chi connectivity index (χ3n) is 4.51. The van der Waals surface area contributed by atoms with Gasteiger partial charge in [-0.2, -0.15) is 4.31 Å². The quantitative estimate of drug-likeness (QED) is 0.826. The highest BCUT2D eigenvalue weighted by Gasteiger charge is 2.27. The van der Waals surface area contributed by atoms with Crippen LogP contribution in [0.3, 0.4) is 0 Å². The van der Waals surface area contributed by atoms with Crippen LogP contribution in [0.2, 0.25) is 0 Å². The first-order chi connectivity index (χ1) is 11.9. The predicted molar refractivity (Wildman–Crippen MR) is 97.9 cm³/mol. The van der Waals surface area contributed by atoms with Crippen LogP contribution >= 0.6 is 0 Å². The lowest BCUT2D eigenvalue weighted by molar-refractivity contribution is -0.118. The van der Waals surface area contributed by atoms with Gasteiger partial charge in [-0.3, -0.25) is 4.79 Å². The maximum Gasteiger partial charge on any atom is 0.243 e. The Morgan fingerprint density at radius 3 is 2.56 bits per heavy atom. The highest BCUT2D eigenvalue weighted by atomic mass is 32.2. The molecular formula is C19H22N2O3S. The fraction of sp³-hybridized carbons (Fsp3) is 0.316. The summed E-state index contributed by atoms with van der Waals surface area (Å²) in [6, 6.07) is 14.5. The van der Waals surface area contributed by atoms with E-state index >= 15 is 0 Å². The molecule has 0 spiro atoms. The highest BCUT2D eigenvalue weighted by Crippen LogP contribution is 2.31. The number of sulfonamides is 1. The second-order valence-electron chi connectivity index (χ2n) is 6.19. The van der Waals surface area contributed by atoms with E-state index in [4.69, 9.17) is 0 Å². The average Bonchev–Trinajstić information content (AvgIpc) is 3.05. The zero-order valence-electron chi connectivity index (χ0n) is 14.5. The third kappa shape index (κ3) is 3.45. The monoisotopic (exact) mass is 358 g/mol.